The zero-order valence-corrected chi connectivity index (χ0v) is 9.39. The van der Waals surface area contributed by atoms with Crippen LogP contribution in [0.5, 0.6) is 0 Å². The normalized spacial score (nSPS) is 18.6. The molecule has 0 radical (unpaired) electrons. The van der Waals surface area contributed by atoms with Crippen LogP contribution in [0.15, 0.2) is 23.1 Å². The van der Waals surface area contributed by atoms with Gasteiger partial charge in [-0.05, 0) is 30.7 Å². The number of hydrogen-bond acceptors (Lipinski definition) is 3. The van der Waals surface area contributed by atoms with E-state index in [0.29, 0.717) is 5.25 Å². The molecule has 0 saturated carbocycles. The van der Waals surface area contributed by atoms with Crippen LogP contribution >= 0.6 is 11.8 Å². The van der Waals surface area contributed by atoms with Crippen molar-refractivity contribution in [2.24, 2.45) is 5.73 Å². The molecule has 0 unspecified atom stereocenters. The Hall–Kier alpha value is -0.580. The summed E-state index contributed by atoms with van der Waals surface area (Å²) in [5.74, 6) is -0.225. The monoisotopic (exact) mass is 227 g/mol. The minimum absolute atomic E-state index is 0.135. The van der Waals surface area contributed by atoms with Gasteiger partial charge in [-0.1, -0.05) is 0 Å². The Kier molecular flexibility index (Phi) is 3.29. The lowest BCUT2D eigenvalue weighted by atomic mass is 10.1. The third-order valence-electron chi connectivity index (χ3n) is 2.36. The minimum Gasteiger partial charge on any atom is -0.379 e. The Morgan fingerprint density at radius 3 is 2.80 bits per heavy atom. The number of thioether (sulfide) groups is 1. The largest absolute Gasteiger partial charge is 0.379 e. The number of ether oxygens (including phenoxy) is 1. The van der Waals surface area contributed by atoms with Crippen LogP contribution in [0.1, 0.15) is 18.5 Å². The standard InChI is InChI=1S/C11H14FNOS/c1-7(13)10-4-8(12)2-3-11(10)15-9-5-14-6-9/h2-4,7,9H,5-6,13H2,1H3/t7-/m0/s1. The molecule has 1 aliphatic heterocycles. The molecule has 0 bridgehead atoms. The maximum atomic E-state index is 13.1. The summed E-state index contributed by atoms with van der Waals surface area (Å²) < 4.78 is 18.2. The fourth-order valence-corrected chi connectivity index (χ4v) is 2.66. The van der Waals surface area contributed by atoms with E-state index in [9.17, 15) is 4.39 Å². The van der Waals surface area contributed by atoms with Gasteiger partial charge < -0.3 is 10.5 Å². The van der Waals surface area contributed by atoms with Crippen molar-refractivity contribution in [1.29, 1.82) is 0 Å². The van der Waals surface area contributed by atoms with Crippen molar-refractivity contribution in [3.05, 3.63) is 29.6 Å². The van der Waals surface area contributed by atoms with Crippen LogP contribution in [0, 0.1) is 5.82 Å². The third kappa shape index (κ3) is 2.51. The molecular formula is C11H14FNOS. The van der Waals surface area contributed by atoms with E-state index in [-0.39, 0.29) is 11.9 Å². The van der Waals surface area contributed by atoms with Crippen molar-refractivity contribution in [2.45, 2.75) is 23.1 Å². The van der Waals surface area contributed by atoms with E-state index in [1.54, 1.807) is 17.8 Å². The second-order valence-electron chi connectivity index (χ2n) is 3.75. The van der Waals surface area contributed by atoms with Gasteiger partial charge in [-0.3, -0.25) is 0 Å². The van der Waals surface area contributed by atoms with Gasteiger partial charge in [-0.15, -0.1) is 11.8 Å². The average Bonchev–Trinajstić information content (AvgIpc) is 2.12. The molecule has 1 aromatic carbocycles. The predicted octanol–water partition coefficient (Wildman–Crippen LogP) is 2.34. The Morgan fingerprint density at radius 2 is 2.27 bits per heavy atom. The maximum absolute atomic E-state index is 13.1. The predicted molar refractivity (Wildman–Crippen MR) is 59.5 cm³/mol. The number of benzene rings is 1. The fourth-order valence-electron chi connectivity index (χ4n) is 1.44. The smallest absolute Gasteiger partial charge is 0.123 e. The van der Waals surface area contributed by atoms with Crippen molar-refractivity contribution in [2.75, 3.05) is 13.2 Å². The first kappa shape index (κ1) is 10.9. The summed E-state index contributed by atoms with van der Waals surface area (Å²) in [5.41, 5.74) is 6.69. The summed E-state index contributed by atoms with van der Waals surface area (Å²) in [5, 5.41) is 0.493. The van der Waals surface area contributed by atoms with Gasteiger partial charge in [0.05, 0.1) is 18.5 Å². The molecule has 0 spiro atoms. The van der Waals surface area contributed by atoms with Crippen LogP contribution in [-0.2, 0) is 4.74 Å². The molecule has 1 heterocycles. The Balaban J connectivity index is 2.20. The Morgan fingerprint density at radius 1 is 1.53 bits per heavy atom. The quantitative estimate of drug-likeness (QED) is 0.860. The number of nitrogens with two attached hydrogens (primary N) is 1. The van der Waals surface area contributed by atoms with Crippen molar-refractivity contribution in [3.63, 3.8) is 0 Å². The van der Waals surface area contributed by atoms with E-state index < -0.39 is 0 Å². The molecule has 1 aromatic rings. The number of rotatable bonds is 3. The van der Waals surface area contributed by atoms with Gasteiger partial charge >= 0.3 is 0 Å². The molecule has 82 valence electrons. The zero-order chi connectivity index (χ0) is 10.8. The second-order valence-corrected chi connectivity index (χ2v) is 5.09. The van der Waals surface area contributed by atoms with Gasteiger partial charge in [-0.2, -0.15) is 0 Å². The van der Waals surface area contributed by atoms with Crippen LogP contribution in [0.25, 0.3) is 0 Å². The Bertz CT molecular complexity index is 352. The molecule has 2 rings (SSSR count). The molecule has 0 amide bonds. The van der Waals surface area contributed by atoms with Crippen molar-refractivity contribution < 1.29 is 9.13 Å². The van der Waals surface area contributed by atoms with Gasteiger partial charge in [0.15, 0.2) is 0 Å². The topological polar surface area (TPSA) is 35.2 Å². The molecule has 2 N–H and O–H groups in total. The Labute approximate surface area is 93.0 Å². The summed E-state index contributed by atoms with van der Waals surface area (Å²) in [4.78, 5) is 1.07. The van der Waals surface area contributed by atoms with Crippen LogP contribution in [0.2, 0.25) is 0 Å². The summed E-state index contributed by atoms with van der Waals surface area (Å²) in [6.45, 7) is 3.43. The van der Waals surface area contributed by atoms with Gasteiger partial charge in [0.25, 0.3) is 0 Å². The lowest BCUT2D eigenvalue weighted by molar-refractivity contribution is 0.0455. The van der Waals surface area contributed by atoms with E-state index in [0.717, 1.165) is 23.7 Å². The summed E-state index contributed by atoms with van der Waals surface area (Å²) in [7, 11) is 0. The van der Waals surface area contributed by atoms with Crippen molar-refractivity contribution >= 4 is 11.8 Å². The minimum atomic E-state index is -0.225. The molecule has 1 saturated heterocycles. The van der Waals surface area contributed by atoms with E-state index in [1.165, 1.54) is 12.1 Å². The van der Waals surface area contributed by atoms with Crippen LogP contribution in [0.4, 0.5) is 4.39 Å². The summed E-state index contributed by atoms with van der Waals surface area (Å²) >= 11 is 1.72. The molecule has 15 heavy (non-hydrogen) atoms. The van der Waals surface area contributed by atoms with E-state index >= 15 is 0 Å². The fraction of sp³-hybridized carbons (Fsp3) is 0.455. The van der Waals surface area contributed by atoms with Gasteiger partial charge in [-0.25, -0.2) is 4.39 Å². The summed E-state index contributed by atoms with van der Waals surface area (Å²) in [6, 6.07) is 4.67. The van der Waals surface area contributed by atoms with E-state index in [2.05, 4.69) is 0 Å². The molecule has 0 aromatic heterocycles. The van der Waals surface area contributed by atoms with Crippen LogP contribution in [-0.4, -0.2) is 18.5 Å². The maximum Gasteiger partial charge on any atom is 0.123 e. The molecular weight excluding hydrogens is 213 g/mol. The molecule has 1 fully saturated rings. The lowest BCUT2D eigenvalue weighted by Gasteiger charge is -2.26. The van der Waals surface area contributed by atoms with Gasteiger partial charge in [0.1, 0.15) is 5.82 Å². The average molecular weight is 227 g/mol. The first-order valence-corrected chi connectivity index (χ1v) is 5.84. The zero-order valence-electron chi connectivity index (χ0n) is 8.57. The highest BCUT2D eigenvalue weighted by molar-refractivity contribution is 8.00. The highest BCUT2D eigenvalue weighted by Crippen LogP contribution is 2.33. The highest BCUT2D eigenvalue weighted by Gasteiger charge is 2.21. The third-order valence-corrected chi connectivity index (χ3v) is 3.59. The van der Waals surface area contributed by atoms with E-state index in [4.69, 9.17) is 10.5 Å². The molecule has 0 aliphatic carbocycles. The highest BCUT2D eigenvalue weighted by atomic mass is 32.2. The van der Waals surface area contributed by atoms with Gasteiger partial charge in [0, 0.05) is 10.9 Å². The molecule has 1 atom stereocenters. The molecule has 2 nitrogen and oxygen atoms in total. The number of hydrogen-bond donors (Lipinski definition) is 1. The van der Waals surface area contributed by atoms with Crippen molar-refractivity contribution in [1.82, 2.24) is 0 Å². The van der Waals surface area contributed by atoms with Crippen LogP contribution < -0.4 is 5.73 Å². The second kappa shape index (κ2) is 4.51. The molecule has 4 heteroatoms. The first-order chi connectivity index (χ1) is 7.16. The SMILES string of the molecule is C[C@H](N)c1cc(F)ccc1SC1COC1. The van der Waals surface area contributed by atoms with E-state index in [1.807, 2.05) is 6.92 Å². The lowest BCUT2D eigenvalue weighted by Crippen LogP contribution is -2.30. The van der Waals surface area contributed by atoms with Gasteiger partial charge in [0.2, 0.25) is 0 Å². The number of halogens is 1. The molecule has 1 aliphatic rings. The van der Waals surface area contributed by atoms with Crippen LogP contribution in [0.3, 0.4) is 0 Å². The van der Waals surface area contributed by atoms with Crippen molar-refractivity contribution in [3.8, 4) is 0 Å². The first-order valence-electron chi connectivity index (χ1n) is 4.96. The summed E-state index contributed by atoms with van der Waals surface area (Å²) in [6.07, 6.45) is 0.